The van der Waals surface area contributed by atoms with E-state index in [0.29, 0.717) is 18.3 Å². The molecule has 2 heterocycles. The number of H-pyrrole nitrogens is 1. The van der Waals surface area contributed by atoms with Crippen molar-refractivity contribution < 1.29 is 9.18 Å². The summed E-state index contributed by atoms with van der Waals surface area (Å²) < 4.78 is 13.1. The fourth-order valence-corrected chi connectivity index (χ4v) is 4.38. The zero-order valence-electron chi connectivity index (χ0n) is 19.4. The van der Waals surface area contributed by atoms with Crippen LogP contribution >= 0.6 is 0 Å². The average Bonchev–Trinajstić information content (AvgIpc) is 3.33. The average molecular weight is 463 g/mol. The van der Waals surface area contributed by atoms with Gasteiger partial charge in [0.25, 0.3) is 11.5 Å². The number of carbonyl (C=O) groups excluding carboxylic acids is 1. The first-order valence-electron chi connectivity index (χ1n) is 11.8. The SMILES string of the molecule is CN(CCCCCC1CC(c2ccc(F)cc2)NN1)C(=O)c1ccc(-c2ccccc2)[nH]c1=O. The van der Waals surface area contributed by atoms with Crippen molar-refractivity contribution in [2.45, 2.75) is 44.2 Å². The molecule has 0 saturated carbocycles. The second-order valence-electron chi connectivity index (χ2n) is 8.88. The van der Waals surface area contributed by atoms with Gasteiger partial charge in [-0.05, 0) is 54.7 Å². The van der Waals surface area contributed by atoms with Gasteiger partial charge in [-0.2, -0.15) is 0 Å². The number of pyridine rings is 1. The number of aromatic nitrogens is 1. The number of carbonyl (C=O) groups is 1. The van der Waals surface area contributed by atoms with Gasteiger partial charge in [0.1, 0.15) is 11.4 Å². The fraction of sp³-hybridized carbons (Fsp3) is 0.333. The zero-order valence-corrected chi connectivity index (χ0v) is 19.4. The molecule has 0 radical (unpaired) electrons. The number of halogens is 1. The van der Waals surface area contributed by atoms with Crippen LogP contribution in [-0.4, -0.2) is 35.4 Å². The maximum atomic E-state index is 13.1. The maximum Gasteiger partial charge on any atom is 0.261 e. The number of aromatic amines is 1. The summed E-state index contributed by atoms with van der Waals surface area (Å²) in [4.78, 5) is 29.7. The van der Waals surface area contributed by atoms with E-state index in [-0.39, 0.29) is 28.9 Å². The van der Waals surface area contributed by atoms with Gasteiger partial charge in [0, 0.05) is 31.4 Å². The normalized spacial score (nSPS) is 17.6. The molecule has 0 spiro atoms. The van der Waals surface area contributed by atoms with Crippen LogP contribution in [-0.2, 0) is 0 Å². The molecule has 2 atom stereocenters. The first kappa shape index (κ1) is 23.9. The molecule has 178 valence electrons. The largest absolute Gasteiger partial charge is 0.342 e. The predicted molar refractivity (Wildman–Crippen MR) is 132 cm³/mol. The quantitative estimate of drug-likeness (QED) is 0.412. The van der Waals surface area contributed by atoms with Gasteiger partial charge in [-0.15, -0.1) is 0 Å². The third-order valence-electron chi connectivity index (χ3n) is 6.37. The number of hydrogen-bond acceptors (Lipinski definition) is 4. The van der Waals surface area contributed by atoms with Crippen LogP contribution in [0.2, 0.25) is 0 Å². The predicted octanol–water partition coefficient (Wildman–Crippen LogP) is 4.42. The van der Waals surface area contributed by atoms with Crippen molar-refractivity contribution in [1.82, 2.24) is 20.7 Å². The Morgan fingerprint density at radius 3 is 2.47 bits per heavy atom. The number of nitrogens with one attached hydrogen (secondary N) is 3. The Labute approximate surface area is 199 Å². The molecule has 3 N–H and O–H groups in total. The van der Waals surface area contributed by atoms with E-state index in [9.17, 15) is 14.0 Å². The molecular weight excluding hydrogens is 431 g/mol. The zero-order chi connectivity index (χ0) is 23.9. The summed E-state index contributed by atoms with van der Waals surface area (Å²) in [6.07, 6.45) is 4.92. The lowest BCUT2D eigenvalue weighted by atomic mass is 9.99. The van der Waals surface area contributed by atoms with E-state index in [0.717, 1.165) is 43.2 Å². The minimum Gasteiger partial charge on any atom is -0.342 e. The molecule has 0 aliphatic carbocycles. The number of benzene rings is 2. The molecule has 1 aromatic heterocycles. The van der Waals surface area contributed by atoms with Crippen molar-refractivity contribution in [3.63, 3.8) is 0 Å². The Bertz CT molecular complexity index is 1150. The van der Waals surface area contributed by atoms with E-state index >= 15 is 0 Å². The summed E-state index contributed by atoms with van der Waals surface area (Å²) in [7, 11) is 1.74. The molecule has 34 heavy (non-hydrogen) atoms. The molecule has 7 heteroatoms. The van der Waals surface area contributed by atoms with Gasteiger partial charge in [-0.3, -0.25) is 20.4 Å². The Morgan fingerprint density at radius 1 is 0.971 bits per heavy atom. The molecule has 1 aliphatic rings. The van der Waals surface area contributed by atoms with Crippen LogP contribution in [0, 0.1) is 5.82 Å². The van der Waals surface area contributed by atoms with Crippen molar-refractivity contribution >= 4 is 5.91 Å². The summed E-state index contributed by atoms with van der Waals surface area (Å²) >= 11 is 0. The smallest absolute Gasteiger partial charge is 0.261 e. The van der Waals surface area contributed by atoms with Crippen LogP contribution in [0.15, 0.2) is 71.5 Å². The molecule has 1 saturated heterocycles. The Balaban J connectivity index is 1.19. The standard InChI is InChI=1S/C27H31FN4O2/c1-32(27(34)23-15-16-24(29-26(23)33)19-8-4-2-5-9-19)17-7-3-6-10-22-18-25(31-30-22)20-11-13-21(28)14-12-20/h2,4-5,8-9,11-16,22,25,30-31H,3,6-7,10,17-18H2,1H3,(H,29,33). The summed E-state index contributed by atoms with van der Waals surface area (Å²) in [6.45, 7) is 0.604. The Kier molecular flexibility index (Phi) is 7.87. The van der Waals surface area contributed by atoms with E-state index in [1.807, 2.05) is 42.5 Å². The number of hydrogen-bond donors (Lipinski definition) is 3. The minimum atomic E-state index is -0.367. The topological polar surface area (TPSA) is 77.2 Å². The van der Waals surface area contributed by atoms with Gasteiger partial charge in [0.15, 0.2) is 0 Å². The molecule has 6 nitrogen and oxygen atoms in total. The van der Waals surface area contributed by atoms with Gasteiger partial charge in [0.2, 0.25) is 0 Å². The van der Waals surface area contributed by atoms with Crippen molar-refractivity contribution in [2.24, 2.45) is 0 Å². The molecule has 3 aromatic rings. The highest BCUT2D eigenvalue weighted by Crippen LogP contribution is 2.24. The van der Waals surface area contributed by atoms with E-state index in [4.69, 9.17) is 0 Å². The van der Waals surface area contributed by atoms with Gasteiger partial charge in [-0.1, -0.05) is 55.3 Å². The fourth-order valence-electron chi connectivity index (χ4n) is 4.38. The molecule has 2 aromatic carbocycles. The van der Waals surface area contributed by atoms with Crippen molar-refractivity contribution in [3.8, 4) is 11.3 Å². The van der Waals surface area contributed by atoms with Crippen LogP contribution in [0.3, 0.4) is 0 Å². The van der Waals surface area contributed by atoms with E-state index < -0.39 is 0 Å². The first-order valence-corrected chi connectivity index (χ1v) is 11.8. The van der Waals surface area contributed by atoms with Crippen LogP contribution in [0.1, 0.15) is 54.1 Å². The van der Waals surface area contributed by atoms with Crippen LogP contribution in [0.5, 0.6) is 0 Å². The van der Waals surface area contributed by atoms with Crippen LogP contribution in [0.4, 0.5) is 4.39 Å². The minimum absolute atomic E-state index is 0.162. The van der Waals surface area contributed by atoms with Gasteiger partial charge in [0.05, 0.1) is 0 Å². The van der Waals surface area contributed by atoms with Gasteiger partial charge in [-0.25, -0.2) is 4.39 Å². The first-order chi connectivity index (χ1) is 16.5. The number of hydrazine groups is 1. The second kappa shape index (κ2) is 11.2. The lowest BCUT2D eigenvalue weighted by Crippen LogP contribution is -2.32. The number of nitrogens with zero attached hydrogens (tertiary/aromatic N) is 1. The lowest BCUT2D eigenvalue weighted by Gasteiger charge is -2.17. The molecule has 0 bridgehead atoms. The van der Waals surface area contributed by atoms with Crippen LogP contribution < -0.4 is 16.4 Å². The highest BCUT2D eigenvalue weighted by molar-refractivity contribution is 5.93. The third-order valence-corrected chi connectivity index (χ3v) is 6.37. The highest BCUT2D eigenvalue weighted by atomic mass is 19.1. The summed E-state index contributed by atoms with van der Waals surface area (Å²) in [5, 5.41) is 0. The van der Waals surface area contributed by atoms with E-state index in [1.54, 1.807) is 24.1 Å². The number of unbranched alkanes of at least 4 members (excludes halogenated alkanes) is 2. The molecule has 1 aliphatic heterocycles. The summed E-state index contributed by atoms with van der Waals surface area (Å²) in [5.74, 6) is -0.479. The monoisotopic (exact) mass is 462 g/mol. The van der Waals surface area contributed by atoms with Crippen LogP contribution in [0.25, 0.3) is 11.3 Å². The Morgan fingerprint density at radius 2 is 1.74 bits per heavy atom. The number of rotatable bonds is 9. The van der Waals surface area contributed by atoms with Crippen molar-refractivity contribution in [3.05, 3.63) is 94.0 Å². The van der Waals surface area contributed by atoms with E-state index in [1.165, 1.54) is 12.1 Å². The Hall–Kier alpha value is -3.29. The summed E-state index contributed by atoms with van der Waals surface area (Å²) in [6, 6.07) is 20.1. The summed E-state index contributed by atoms with van der Waals surface area (Å²) in [5.41, 5.74) is 9.11. The van der Waals surface area contributed by atoms with Crippen molar-refractivity contribution in [2.75, 3.05) is 13.6 Å². The molecule has 2 unspecified atom stereocenters. The lowest BCUT2D eigenvalue weighted by molar-refractivity contribution is 0.0790. The maximum absolute atomic E-state index is 13.1. The van der Waals surface area contributed by atoms with Crippen molar-refractivity contribution in [1.29, 1.82) is 0 Å². The number of amides is 1. The second-order valence-corrected chi connectivity index (χ2v) is 8.88. The van der Waals surface area contributed by atoms with E-state index in [2.05, 4.69) is 15.8 Å². The molecular formula is C27H31FN4O2. The molecule has 1 amide bonds. The molecule has 1 fully saturated rings. The third kappa shape index (κ3) is 5.98. The van der Waals surface area contributed by atoms with Gasteiger partial charge >= 0.3 is 0 Å². The highest BCUT2D eigenvalue weighted by Gasteiger charge is 2.24. The van der Waals surface area contributed by atoms with Gasteiger partial charge < -0.3 is 9.88 Å². The molecule has 4 rings (SSSR count).